The van der Waals surface area contributed by atoms with Gasteiger partial charge < -0.3 is 4.52 Å². The van der Waals surface area contributed by atoms with E-state index in [9.17, 15) is 0 Å². The highest BCUT2D eigenvalue weighted by Crippen LogP contribution is 2.23. The van der Waals surface area contributed by atoms with Crippen molar-refractivity contribution in [2.75, 3.05) is 0 Å². The third-order valence-corrected chi connectivity index (χ3v) is 2.74. The summed E-state index contributed by atoms with van der Waals surface area (Å²) in [5.41, 5.74) is 1.63. The van der Waals surface area contributed by atoms with Crippen molar-refractivity contribution in [3.8, 4) is 11.6 Å². The molecule has 6 nitrogen and oxygen atoms in total. The van der Waals surface area contributed by atoms with Crippen LogP contribution < -0.4 is 0 Å². The van der Waals surface area contributed by atoms with Gasteiger partial charge >= 0.3 is 0 Å². The molecular formula is C12H13N5O. The van der Waals surface area contributed by atoms with Crippen LogP contribution in [0.3, 0.4) is 0 Å². The highest BCUT2D eigenvalue weighted by Gasteiger charge is 2.18. The Morgan fingerprint density at radius 2 is 2.11 bits per heavy atom. The molecule has 0 aliphatic rings. The predicted molar refractivity (Wildman–Crippen MR) is 65.1 cm³/mol. The highest BCUT2D eigenvalue weighted by molar-refractivity contribution is 5.57. The van der Waals surface area contributed by atoms with E-state index < -0.39 is 0 Å². The van der Waals surface area contributed by atoms with Crippen LogP contribution >= 0.6 is 0 Å². The molecule has 6 heteroatoms. The maximum Gasteiger partial charge on any atom is 0.276 e. The molecule has 0 radical (unpaired) electrons. The number of aromatic nitrogens is 5. The molecule has 0 aliphatic carbocycles. The maximum atomic E-state index is 5.31. The van der Waals surface area contributed by atoms with Crippen molar-refractivity contribution in [3.05, 3.63) is 30.0 Å². The standard InChI is InChI=1S/C12H13N5O/c1-7(2)10-15-11(18-16-10)9-8(3)14-12-13-5-4-6-17(9)12/h4-7H,1-3H3. The van der Waals surface area contributed by atoms with Crippen LogP contribution in [-0.2, 0) is 0 Å². The fourth-order valence-corrected chi connectivity index (χ4v) is 1.82. The van der Waals surface area contributed by atoms with Gasteiger partial charge in [-0.1, -0.05) is 19.0 Å². The van der Waals surface area contributed by atoms with Gasteiger partial charge in [0.05, 0.1) is 5.69 Å². The highest BCUT2D eigenvalue weighted by atomic mass is 16.5. The van der Waals surface area contributed by atoms with Crippen molar-refractivity contribution in [1.82, 2.24) is 24.5 Å². The molecule has 0 saturated heterocycles. The molecule has 92 valence electrons. The third-order valence-electron chi connectivity index (χ3n) is 2.74. The van der Waals surface area contributed by atoms with Gasteiger partial charge in [-0.15, -0.1) is 0 Å². The van der Waals surface area contributed by atoms with Crippen LogP contribution in [0.5, 0.6) is 0 Å². The minimum absolute atomic E-state index is 0.236. The van der Waals surface area contributed by atoms with Gasteiger partial charge in [0.2, 0.25) is 5.78 Å². The molecule has 0 spiro atoms. The second kappa shape index (κ2) is 3.90. The first-order valence-electron chi connectivity index (χ1n) is 5.80. The predicted octanol–water partition coefficient (Wildman–Crippen LogP) is 2.21. The van der Waals surface area contributed by atoms with Gasteiger partial charge in [0, 0.05) is 18.3 Å². The van der Waals surface area contributed by atoms with Crippen LogP contribution in [0.25, 0.3) is 17.4 Å². The lowest BCUT2D eigenvalue weighted by Crippen LogP contribution is -1.92. The van der Waals surface area contributed by atoms with E-state index in [0.29, 0.717) is 17.5 Å². The van der Waals surface area contributed by atoms with E-state index in [1.54, 1.807) is 6.20 Å². The summed E-state index contributed by atoms with van der Waals surface area (Å²) in [5, 5.41) is 3.97. The SMILES string of the molecule is Cc1nc2ncccn2c1-c1nc(C(C)C)no1. The van der Waals surface area contributed by atoms with Crippen LogP contribution in [-0.4, -0.2) is 24.5 Å². The summed E-state index contributed by atoms with van der Waals surface area (Å²) in [6, 6.07) is 1.84. The number of imidazole rings is 1. The molecule has 0 bridgehead atoms. The molecule has 0 N–H and O–H groups in total. The first kappa shape index (κ1) is 10.9. The molecule has 0 unspecified atom stereocenters. The van der Waals surface area contributed by atoms with Crippen LogP contribution in [0.15, 0.2) is 23.0 Å². The Balaban J connectivity index is 2.21. The number of rotatable bonds is 2. The Labute approximate surface area is 104 Å². The molecule has 3 heterocycles. The smallest absolute Gasteiger partial charge is 0.276 e. The molecular weight excluding hydrogens is 230 g/mol. The van der Waals surface area contributed by atoms with Crippen LogP contribution in [0.2, 0.25) is 0 Å². The van der Waals surface area contributed by atoms with E-state index in [1.165, 1.54) is 0 Å². The molecule has 0 aromatic carbocycles. The summed E-state index contributed by atoms with van der Waals surface area (Å²) in [7, 11) is 0. The molecule has 0 saturated carbocycles. The second-order valence-corrected chi connectivity index (χ2v) is 4.45. The first-order valence-corrected chi connectivity index (χ1v) is 5.80. The number of fused-ring (bicyclic) bond motifs is 1. The van der Waals surface area contributed by atoms with Crippen molar-refractivity contribution in [1.29, 1.82) is 0 Å². The van der Waals surface area contributed by atoms with E-state index in [4.69, 9.17) is 4.52 Å². The number of hydrogen-bond acceptors (Lipinski definition) is 5. The maximum absolute atomic E-state index is 5.31. The van der Waals surface area contributed by atoms with E-state index in [2.05, 4.69) is 20.1 Å². The summed E-state index contributed by atoms with van der Waals surface area (Å²) >= 11 is 0. The van der Waals surface area contributed by atoms with Gasteiger partial charge in [-0.3, -0.25) is 4.40 Å². The minimum Gasteiger partial charge on any atom is -0.332 e. The number of nitrogens with zero attached hydrogens (tertiary/aromatic N) is 5. The zero-order valence-corrected chi connectivity index (χ0v) is 10.5. The number of hydrogen-bond donors (Lipinski definition) is 0. The Morgan fingerprint density at radius 1 is 1.28 bits per heavy atom. The average molecular weight is 243 g/mol. The van der Waals surface area contributed by atoms with Crippen molar-refractivity contribution >= 4 is 5.78 Å². The minimum atomic E-state index is 0.236. The van der Waals surface area contributed by atoms with Crippen LogP contribution in [0.4, 0.5) is 0 Å². The van der Waals surface area contributed by atoms with Gasteiger partial charge in [0.25, 0.3) is 5.89 Å². The average Bonchev–Trinajstić information content (AvgIpc) is 2.91. The van der Waals surface area contributed by atoms with Crippen LogP contribution in [0.1, 0.15) is 31.3 Å². The van der Waals surface area contributed by atoms with Gasteiger partial charge in [0.15, 0.2) is 5.82 Å². The lowest BCUT2D eigenvalue weighted by molar-refractivity contribution is 0.417. The van der Waals surface area contributed by atoms with E-state index in [-0.39, 0.29) is 5.92 Å². The lowest BCUT2D eigenvalue weighted by Gasteiger charge is -1.96. The van der Waals surface area contributed by atoms with Gasteiger partial charge in [-0.25, -0.2) is 9.97 Å². The topological polar surface area (TPSA) is 69.1 Å². The molecule has 0 atom stereocenters. The van der Waals surface area contributed by atoms with E-state index >= 15 is 0 Å². The largest absolute Gasteiger partial charge is 0.332 e. The third kappa shape index (κ3) is 1.57. The Hall–Kier alpha value is -2.24. The summed E-state index contributed by atoms with van der Waals surface area (Å²) in [6.07, 6.45) is 3.59. The van der Waals surface area contributed by atoms with Gasteiger partial charge in [-0.05, 0) is 13.0 Å². The van der Waals surface area contributed by atoms with Crippen molar-refractivity contribution in [2.45, 2.75) is 26.7 Å². The molecule has 18 heavy (non-hydrogen) atoms. The summed E-state index contributed by atoms with van der Waals surface area (Å²) < 4.78 is 7.16. The fourth-order valence-electron chi connectivity index (χ4n) is 1.82. The lowest BCUT2D eigenvalue weighted by atomic mass is 10.2. The van der Waals surface area contributed by atoms with E-state index in [0.717, 1.165) is 11.4 Å². The van der Waals surface area contributed by atoms with Crippen molar-refractivity contribution < 1.29 is 4.52 Å². The normalized spacial score (nSPS) is 11.6. The molecule has 0 amide bonds. The summed E-state index contributed by atoms with van der Waals surface area (Å²) in [5.74, 6) is 2.05. The Kier molecular flexibility index (Phi) is 2.36. The quantitative estimate of drug-likeness (QED) is 0.690. The molecule has 3 aromatic heterocycles. The fraction of sp³-hybridized carbons (Fsp3) is 0.333. The summed E-state index contributed by atoms with van der Waals surface area (Å²) in [6.45, 7) is 5.96. The molecule has 0 aliphatic heterocycles. The Bertz CT molecular complexity index is 697. The first-order chi connectivity index (χ1) is 8.66. The monoisotopic (exact) mass is 243 g/mol. The van der Waals surface area contributed by atoms with Crippen molar-refractivity contribution in [2.24, 2.45) is 0 Å². The van der Waals surface area contributed by atoms with E-state index in [1.807, 2.05) is 37.4 Å². The Morgan fingerprint density at radius 3 is 2.83 bits per heavy atom. The zero-order chi connectivity index (χ0) is 12.7. The van der Waals surface area contributed by atoms with Gasteiger partial charge in [-0.2, -0.15) is 4.98 Å². The second-order valence-electron chi connectivity index (χ2n) is 4.45. The number of aryl methyl sites for hydroxylation is 1. The molecule has 0 fully saturated rings. The molecule has 3 rings (SSSR count). The van der Waals surface area contributed by atoms with Crippen LogP contribution in [0, 0.1) is 6.92 Å². The van der Waals surface area contributed by atoms with Crippen molar-refractivity contribution in [3.63, 3.8) is 0 Å². The zero-order valence-electron chi connectivity index (χ0n) is 10.5. The molecule has 3 aromatic rings. The van der Waals surface area contributed by atoms with Gasteiger partial charge in [0.1, 0.15) is 5.69 Å². The summed E-state index contributed by atoms with van der Waals surface area (Å²) in [4.78, 5) is 13.0.